The maximum atomic E-state index is 12.1. The molecule has 2 aromatic carbocycles. The maximum absolute atomic E-state index is 12.1. The first kappa shape index (κ1) is 17.5. The van der Waals surface area contributed by atoms with Crippen LogP contribution >= 0.6 is 0 Å². The van der Waals surface area contributed by atoms with E-state index < -0.39 is 0 Å². The summed E-state index contributed by atoms with van der Waals surface area (Å²) in [5, 5.41) is 2.74. The Balaban J connectivity index is 1.58. The molecule has 1 heterocycles. The molecule has 3 rings (SSSR count). The van der Waals surface area contributed by atoms with E-state index >= 15 is 0 Å². The van der Waals surface area contributed by atoms with Crippen LogP contribution in [-0.2, 0) is 11.4 Å². The second-order valence-electron chi connectivity index (χ2n) is 5.73. The van der Waals surface area contributed by atoms with E-state index in [-0.39, 0.29) is 12.5 Å². The lowest BCUT2D eigenvalue weighted by molar-refractivity contribution is -0.118. The van der Waals surface area contributed by atoms with Gasteiger partial charge in [0.25, 0.3) is 5.91 Å². The first-order valence-electron chi connectivity index (χ1n) is 8.32. The summed E-state index contributed by atoms with van der Waals surface area (Å²) in [6.45, 7) is 2.19. The summed E-state index contributed by atoms with van der Waals surface area (Å²) in [6, 6.07) is 20.9. The molecule has 0 spiro atoms. The van der Waals surface area contributed by atoms with Crippen molar-refractivity contribution in [2.45, 2.75) is 13.5 Å². The number of ether oxygens (including phenoxy) is 2. The molecule has 1 amide bonds. The van der Waals surface area contributed by atoms with E-state index in [1.807, 2.05) is 67.6 Å². The van der Waals surface area contributed by atoms with Gasteiger partial charge in [-0.15, -0.1) is 0 Å². The highest BCUT2D eigenvalue weighted by Crippen LogP contribution is 2.27. The van der Waals surface area contributed by atoms with Crippen LogP contribution < -0.4 is 14.8 Å². The van der Waals surface area contributed by atoms with Crippen molar-refractivity contribution in [2.75, 3.05) is 11.9 Å². The Hall–Kier alpha value is -3.34. The van der Waals surface area contributed by atoms with Crippen LogP contribution in [0.1, 0.15) is 11.1 Å². The van der Waals surface area contributed by atoms with Crippen molar-refractivity contribution in [1.29, 1.82) is 0 Å². The average Bonchev–Trinajstić information content (AvgIpc) is 2.68. The number of carbonyl (C=O) groups excluding carboxylic acids is 1. The normalized spacial score (nSPS) is 10.2. The molecule has 0 fully saturated rings. The standard InChI is InChI=1S/C21H20N2O3/c1-16-8-7-13-22-21(16)23-20(24)15-26-19-12-6-5-11-18(19)25-14-17-9-3-2-4-10-17/h2-13H,14-15H2,1H3,(H,22,23,24). The van der Waals surface area contributed by atoms with Gasteiger partial charge in [0.15, 0.2) is 18.1 Å². The molecule has 0 aliphatic rings. The Morgan fingerprint density at radius 1 is 0.923 bits per heavy atom. The molecule has 132 valence electrons. The summed E-state index contributed by atoms with van der Waals surface area (Å²) in [5.74, 6) is 1.38. The number of carbonyl (C=O) groups is 1. The third-order valence-corrected chi connectivity index (χ3v) is 3.71. The Kier molecular flexibility index (Phi) is 5.83. The molecule has 5 nitrogen and oxygen atoms in total. The van der Waals surface area contributed by atoms with Gasteiger partial charge in [-0.25, -0.2) is 4.98 Å². The van der Waals surface area contributed by atoms with Gasteiger partial charge in [0, 0.05) is 6.20 Å². The number of para-hydroxylation sites is 2. The fourth-order valence-electron chi connectivity index (χ4n) is 2.35. The van der Waals surface area contributed by atoms with Crippen molar-refractivity contribution in [1.82, 2.24) is 4.98 Å². The van der Waals surface area contributed by atoms with Gasteiger partial charge in [-0.1, -0.05) is 48.5 Å². The number of nitrogens with one attached hydrogen (secondary N) is 1. The van der Waals surface area contributed by atoms with Crippen molar-refractivity contribution in [3.63, 3.8) is 0 Å². The van der Waals surface area contributed by atoms with Crippen LogP contribution in [0.4, 0.5) is 5.82 Å². The molecule has 0 bridgehead atoms. The van der Waals surface area contributed by atoms with Gasteiger partial charge in [0.1, 0.15) is 12.4 Å². The molecule has 26 heavy (non-hydrogen) atoms. The lowest BCUT2D eigenvalue weighted by atomic mass is 10.2. The van der Waals surface area contributed by atoms with E-state index in [1.54, 1.807) is 12.3 Å². The zero-order valence-corrected chi connectivity index (χ0v) is 14.5. The van der Waals surface area contributed by atoms with Gasteiger partial charge in [-0.2, -0.15) is 0 Å². The highest BCUT2D eigenvalue weighted by molar-refractivity contribution is 5.91. The van der Waals surface area contributed by atoms with Crippen LogP contribution in [0, 0.1) is 6.92 Å². The van der Waals surface area contributed by atoms with Crippen molar-refractivity contribution in [3.05, 3.63) is 84.1 Å². The van der Waals surface area contributed by atoms with Gasteiger partial charge < -0.3 is 14.8 Å². The van der Waals surface area contributed by atoms with Crippen LogP contribution in [0.5, 0.6) is 11.5 Å². The van der Waals surface area contributed by atoms with Gasteiger partial charge >= 0.3 is 0 Å². The molecular formula is C21H20N2O3. The Morgan fingerprint density at radius 3 is 2.35 bits per heavy atom. The third kappa shape index (κ3) is 4.83. The summed E-state index contributed by atoms with van der Waals surface area (Å²) < 4.78 is 11.5. The molecule has 0 unspecified atom stereocenters. The number of anilines is 1. The number of amides is 1. The minimum atomic E-state index is -0.273. The third-order valence-electron chi connectivity index (χ3n) is 3.71. The number of aromatic nitrogens is 1. The quantitative estimate of drug-likeness (QED) is 0.701. The highest BCUT2D eigenvalue weighted by atomic mass is 16.5. The average molecular weight is 348 g/mol. The summed E-state index contributed by atoms with van der Waals surface area (Å²) in [4.78, 5) is 16.3. The molecule has 0 radical (unpaired) electrons. The maximum Gasteiger partial charge on any atom is 0.263 e. The van der Waals surface area contributed by atoms with E-state index in [9.17, 15) is 4.79 Å². The predicted octanol–water partition coefficient (Wildman–Crippen LogP) is 3.99. The fourth-order valence-corrected chi connectivity index (χ4v) is 2.35. The molecule has 1 N–H and O–H groups in total. The minimum absolute atomic E-state index is 0.123. The van der Waals surface area contributed by atoms with Gasteiger partial charge in [0.05, 0.1) is 0 Å². The van der Waals surface area contributed by atoms with E-state index in [2.05, 4.69) is 10.3 Å². The van der Waals surface area contributed by atoms with Crippen LogP contribution in [0.2, 0.25) is 0 Å². The van der Waals surface area contributed by atoms with Crippen molar-refractivity contribution in [2.24, 2.45) is 0 Å². The number of hydrogen-bond donors (Lipinski definition) is 1. The molecule has 0 atom stereocenters. The smallest absolute Gasteiger partial charge is 0.263 e. The van der Waals surface area contributed by atoms with Crippen molar-refractivity contribution >= 4 is 11.7 Å². The highest BCUT2D eigenvalue weighted by Gasteiger charge is 2.09. The molecular weight excluding hydrogens is 328 g/mol. The van der Waals surface area contributed by atoms with Crippen LogP contribution in [0.3, 0.4) is 0 Å². The monoisotopic (exact) mass is 348 g/mol. The Bertz CT molecular complexity index is 866. The Morgan fingerprint density at radius 2 is 1.62 bits per heavy atom. The lowest BCUT2D eigenvalue weighted by Gasteiger charge is -2.13. The number of rotatable bonds is 7. The number of nitrogens with zero attached hydrogens (tertiary/aromatic N) is 1. The SMILES string of the molecule is Cc1cccnc1NC(=O)COc1ccccc1OCc1ccccc1. The van der Waals surface area contributed by atoms with E-state index in [4.69, 9.17) is 9.47 Å². The minimum Gasteiger partial charge on any atom is -0.485 e. The van der Waals surface area contributed by atoms with E-state index in [0.29, 0.717) is 23.9 Å². The van der Waals surface area contributed by atoms with Crippen molar-refractivity contribution in [3.8, 4) is 11.5 Å². The van der Waals surface area contributed by atoms with E-state index in [0.717, 1.165) is 11.1 Å². The molecule has 3 aromatic rings. The molecule has 5 heteroatoms. The molecule has 0 saturated heterocycles. The van der Waals surface area contributed by atoms with Crippen LogP contribution in [0.25, 0.3) is 0 Å². The topological polar surface area (TPSA) is 60.5 Å². The fraction of sp³-hybridized carbons (Fsp3) is 0.143. The summed E-state index contributed by atoms with van der Waals surface area (Å²) in [6.07, 6.45) is 1.64. The zero-order valence-electron chi connectivity index (χ0n) is 14.5. The van der Waals surface area contributed by atoms with Gasteiger partial charge in [-0.3, -0.25) is 4.79 Å². The van der Waals surface area contributed by atoms with Crippen LogP contribution in [-0.4, -0.2) is 17.5 Å². The number of pyridine rings is 1. The lowest BCUT2D eigenvalue weighted by Crippen LogP contribution is -2.21. The van der Waals surface area contributed by atoms with E-state index in [1.165, 1.54) is 0 Å². The van der Waals surface area contributed by atoms with Crippen LogP contribution in [0.15, 0.2) is 72.9 Å². The predicted molar refractivity (Wildman–Crippen MR) is 100 cm³/mol. The second kappa shape index (κ2) is 8.67. The number of benzene rings is 2. The van der Waals surface area contributed by atoms with Gasteiger partial charge in [0.2, 0.25) is 0 Å². The summed E-state index contributed by atoms with van der Waals surface area (Å²) in [7, 11) is 0. The summed E-state index contributed by atoms with van der Waals surface area (Å²) in [5.41, 5.74) is 1.96. The van der Waals surface area contributed by atoms with Gasteiger partial charge in [-0.05, 0) is 36.2 Å². The first-order valence-corrected chi connectivity index (χ1v) is 8.32. The summed E-state index contributed by atoms with van der Waals surface area (Å²) >= 11 is 0. The van der Waals surface area contributed by atoms with Crippen molar-refractivity contribution < 1.29 is 14.3 Å². The second-order valence-corrected chi connectivity index (χ2v) is 5.73. The Labute approximate surface area is 152 Å². The first-order chi connectivity index (χ1) is 12.7. The molecule has 0 aliphatic carbocycles. The molecule has 0 saturated carbocycles. The molecule has 0 aliphatic heterocycles. The largest absolute Gasteiger partial charge is 0.485 e. The zero-order chi connectivity index (χ0) is 18.2. The number of hydrogen-bond acceptors (Lipinski definition) is 4. The molecule has 1 aromatic heterocycles. The number of aryl methyl sites for hydroxylation is 1.